The highest BCUT2D eigenvalue weighted by atomic mass is 32.2. The van der Waals surface area contributed by atoms with Gasteiger partial charge in [0.1, 0.15) is 11.5 Å². The molecule has 52 heavy (non-hydrogen) atoms. The summed E-state index contributed by atoms with van der Waals surface area (Å²) in [4.78, 5) is 28.5. The van der Waals surface area contributed by atoms with Gasteiger partial charge in [-0.3, -0.25) is 14.3 Å². The Labute approximate surface area is 298 Å². The van der Waals surface area contributed by atoms with E-state index in [0.29, 0.717) is 23.9 Å². The van der Waals surface area contributed by atoms with Crippen LogP contribution in [0, 0.1) is 6.92 Å². The molecule has 4 heterocycles. The molecule has 0 fully saturated rings. The number of nitrogens with zero attached hydrogens (tertiary/aromatic N) is 6. The van der Waals surface area contributed by atoms with Crippen molar-refractivity contribution in [2.45, 2.75) is 29.8 Å². The van der Waals surface area contributed by atoms with E-state index < -0.39 is 26.0 Å². The summed E-state index contributed by atoms with van der Waals surface area (Å²) in [6.07, 6.45) is 8.63. The fourth-order valence-electron chi connectivity index (χ4n) is 4.58. The summed E-state index contributed by atoms with van der Waals surface area (Å²) in [6.45, 7) is 2.03. The maximum atomic E-state index is 12.6. The van der Waals surface area contributed by atoms with Crippen molar-refractivity contribution in [3.05, 3.63) is 126 Å². The van der Waals surface area contributed by atoms with Gasteiger partial charge in [0.2, 0.25) is 5.89 Å². The topological polar surface area (TPSA) is 212 Å². The molecular formula is C33H34N8O9S2. The lowest BCUT2D eigenvalue weighted by Crippen LogP contribution is -2.22. The molecule has 17 nitrogen and oxygen atoms in total. The molecule has 0 saturated carbocycles. The van der Waals surface area contributed by atoms with Gasteiger partial charge in [0.25, 0.3) is 31.9 Å². The third-order valence-electron chi connectivity index (χ3n) is 7.31. The number of hydrogen-bond acceptors (Lipinski definition) is 12. The molecule has 0 radical (unpaired) electrons. The fraction of sp³-hybridized carbons (Fsp3) is 0.182. The van der Waals surface area contributed by atoms with Crippen LogP contribution in [0.1, 0.15) is 38.0 Å². The van der Waals surface area contributed by atoms with Crippen molar-refractivity contribution in [3.8, 4) is 11.5 Å². The number of carbonyl (C=O) groups excluding carboxylic acids is 2. The first-order chi connectivity index (χ1) is 24.8. The van der Waals surface area contributed by atoms with Crippen molar-refractivity contribution in [1.29, 1.82) is 0 Å². The Bertz CT molecular complexity index is 2210. The SMILES string of the molecule is COc1ccc(S(=O)(=O)n2ccc(C(=O)NCc3cnn(C)c3)c2)cc1.COc1ccc(S(=O)(=O)n2ccc(C(=O)NCc3nc(C)no3)c2)cc1. The summed E-state index contributed by atoms with van der Waals surface area (Å²) >= 11 is 0. The maximum Gasteiger partial charge on any atom is 0.267 e. The van der Waals surface area contributed by atoms with Crippen LogP contribution in [0.15, 0.2) is 112 Å². The normalized spacial score (nSPS) is 11.3. The fourth-order valence-corrected chi connectivity index (χ4v) is 6.97. The zero-order valence-corrected chi connectivity index (χ0v) is 30.0. The van der Waals surface area contributed by atoms with Crippen molar-refractivity contribution in [1.82, 2.24) is 38.5 Å². The average molecular weight is 751 g/mol. The van der Waals surface area contributed by atoms with Crippen LogP contribution < -0.4 is 20.1 Å². The monoisotopic (exact) mass is 750 g/mol. The molecule has 4 aromatic heterocycles. The van der Waals surface area contributed by atoms with E-state index in [1.165, 1.54) is 75.4 Å². The van der Waals surface area contributed by atoms with Crippen molar-refractivity contribution in [3.63, 3.8) is 0 Å². The molecule has 0 unspecified atom stereocenters. The molecule has 0 atom stereocenters. The van der Waals surface area contributed by atoms with Crippen molar-refractivity contribution >= 4 is 31.9 Å². The maximum absolute atomic E-state index is 12.6. The Morgan fingerprint density at radius 3 is 1.62 bits per heavy atom. The molecule has 2 aromatic carbocycles. The van der Waals surface area contributed by atoms with Gasteiger partial charge in [-0.25, -0.2) is 24.8 Å². The van der Waals surface area contributed by atoms with Gasteiger partial charge in [0.05, 0.1) is 47.9 Å². The number of hydrogen-bond donors (Lipinski definition) is 2. The minimum Gasteiger partial charge on any atom is -0.497 e. The highest BCUT2D eigenvalue weighted by molar-refractivity contribution is 7.90. The number of amides is 2. The lowest BCUT2D eigenvalue weighted by molar-refractivity contribution is 0.0940. The van der Waals surface area contributed by atoms with Gasteiger partial charge in [0, 0.05) is 50.1 Å². The van der Waals surface area contributed by atoms with E-state index >= 15 is 0 Å². The Morgan fingerprint density at radius 1 is 0.731 bits per heavy atom. The van der Waals surface area contributed by atoms with Gasteiger partial charge in [-0.05, 0) is 67.6 Å². The molecule has 272 valence electrons. The van der Waals surface area contributed by atoms with E-state index in [0.717, 1.165) is 13.5 Å². The summed E-state index contributed by atoms with van der Waals surface area (Å²) in [5.41, 5.74) is 1.30. The van der Waals surface area contributed by atoms with Gasteiger partial charge in [-0.2, -0.15) is 10.1 Å². The van der Waals surface area contributed by atoms with Crippen LogP contribution in [0.25, 0.3) is 0 Å². The van der Waals surface area contributed by atoms with Gasteiger partial charge in [0.15, 0.2) is 5.82 Å². The van der Waals surface area contributed by atoms with E-state index in [9.17, 15) is 26.4 Å². The van der Waals surface area contributed by atoms with E-state index in [2.05, 4.69) is 25.9 Å². The summed E-state index contributed by atoms with van der Waals surface area (Å²) in [5.74, 6) is 1.02. The quantitative estimate of drug-likeness (QED) is 0.185. The molecule has 6 rings (SSSR count). The number of benzene rings is 2. The number of aryl methyl sites for hydroxylation is 2. The molecule has 2 amide bonds. The van der Waals surface area contributed by atoms with E-state index in [1.807, 2.05) is 0 Å². The number of aromatic nitrogens is 6. The van der Waals surface area contributed by atoms with Gasteiger partial charge >= 0.3 is 0 Å². The van der Waals surface area contributed by atoms with Gasteiger partial charge in [-0.15, -0.1) is 0 Å². The van der Waals surface area contributed by atoms with Gasteiger partial charge < -0.3 is 24.6 Å². The minimum absolute atomic E-state index is 0.0517. The summed E-state index contributed by atoms with van der Waals surface area (Å²) < 4.78 is 69.1. The van der Waals surface area contributed by atoms with Crippen molar-refractivity contribution < 1.29 is 40.4 Å². The summed E-state index contributed by atoms with van der Waals surface area (Å²) in [7, 11) is -2.78. The molecule has 0 bridgehead atoms. The van der Waals surface area contributed by atoms with Crippen LogP contribution in [-0.4, -0.2) is 70.7 Å². The highest BCUT2D eigenvalue weighted by Gasteiger charge is 2.20. The predicted octanol–water partition coefficient (Wildman–Crippen LogP) is 2.75. The molecule has 0 spiro atoms. The lowest BCUT2D eigenvalue weighted by atomic mass is 10.3. The van der Waals surface area contributed by atoms with Crippen LogP contribution in [0.4, 0.5) is 0 Å². The molecule has 0 saturated heterocycles. The Balaban J connectivity index is 0.000000201. The third kappa shape index (κ3) is 8.74. The lowest BCUT2D eigenvalue weighted by Gasteiger charge is -2.06. The Kier molecular flexibility index (Phi) is 11.2. The third-order valence-corrected chi connectivity index (χ3v) is 10.6. The van der Waals surface area contributed by atoms with E-state index in [1.54, 1.807) is 55.3 Å². The van der Waals surface area contributed by atoms with Gasteiger partial charge in [-0.1, -0.05) is 5.16 Å². The molecule has 0 aliphatic carbocycles. The number of nitrogens with one attached hydrogen (secondary N) is 2. The zero-order valence-electron chi connectivity index (χ0n) is 28.3. The number of methoxy groups -OCH3 is 2. The molecule has 2 N–H and O–H groups in total. The van der Waals surface area contributed by atoms with E-state index in [4.69, 9.17) is 14.0 Å². The second kappa shape index (κ2) is 15.8. The molecule has 0 aliphatic rings. The number of ether oxygens (including phenoxy) is 2. The number of carbonyl (C=O) groups is 2. The first-order valence-electron chi connectivity index (χ1n) is 15.3. The first-order valence-corrected chi connectivity index (χ1v) is 18.2. The standard InChI is InChI=1S/C17H18N4O4S.C16H16N4O5S/c1-20-11-13(10-19-20)9-18-17(22)14-7-8-21(12-14)26(23,24)16-5-3-15(25-2)4-6-16;1-11-18-15(25-19-11)9-17-16(21)12-7-8-20(10-12)26(22,23)14-5-3-13(24-2)4-6-14/h3-8,10-12H,9H2,1-2H3,(H,18,22);3-8,10H,9H2,1-2H3,(H,17,21). The molecule has 6 aromatic rings. The second-order valence-corrected chi connectivity index (χ2v) is 14.6. The zero-order chi connectivity index (χ0) is 37.5. The van der Waals surface area contributed by atoms with Crippen molar-refractivity contribution in [2.24, 2.45) is 7.05 Å². The Hall–Kier alpha value is -6.21. The molecule has 19 heteroatoms. The highest BCUT2D eigenvalue weighted by Crippen LogP contribution is 2.20. The molecule has 0 aliphatic heterocycles. The average Bonchev–Trinajstić information content (AvgIpc) is 3.98. The van der Waals surface area contributed by atoms with E-state index in [-0.39, 0.29) is 39.3 Å². The van der Waals surface area contributed by atoms with Crippen LogP contribution in [0.5, 0.6) is 11.5 Å². The first kappa shape index (κ1) is 37.1. The second-order valence-electron chi connectivity index (χ2n) is 10.9. The van der Waals surface area contributed by atoms with Crippen LogP contribution >= 0.6 is 0 Å². The minimum atomic E-state index is -3.80. The Morgan fingerprint density at radius 2 is 1.21 bits per heavy atom. The van der Waals surface area contributed by atoms with Crippen LogP contribution in [0.3, 0.4) is 0 Å². The molecular weight excluding hydrogens is 717 g/mol. The smallest absolute Gasteiger partial charge is 0.267 e. The van der Waals surface area contributed by atoms with Crippen molar-refractivity contribution in [2.75, 3.05) is 14.2 Å². The largest absolute Gasteiger partial charge is 0.497 e. The summed E-state index contributed by atoms with van der Waals surface area (Å²) in [6, 6.07) is 14.9. The van der Waals surface area contributed by atoms with Crippen LogP contribution in [0.2, 0.25) is 0 Å². The number of rotatable bonds is 12. The predicted molar refractivity (Wildman–Crippen MR) is 185 cm³/mol. The summed E-state index contributed by atoms with van der Waals surface area (Å²) in [5, 5.41) is 13.0. The van der Waals surface area contributed by atoms with Crippen LogP contribution in [-0.2, 0) is 40.2 Å².